The zero-order valence-electron chi connectivity index (χ0n) is 12.2. The van der Waals surface area contributed by atoms with Crippen molar-refractivity contribution in [1.82, 2.24) is 25.2 Å². The molecule has 0 aliphatic carbocycles. The third-order valence-corrected chi connectivity index (χ3v) is 3.77. The molecule has 3 heterocycles. The maximum absolute atomic E-state index is 11.8. The maximum atomic E-state index is 11.8. The number of aromatic nitrogens is 3. The Bertz CT molecular complexity index is 598. The van der Waals surface area contributed by atoms with Gasteiger partial charge in [0.25, 0.3) is 0 Å². The van der Waals surface area contributed by atoms with Gasteiger partial charge >= 0.3 is 0 Å². The van der Waals surface area contributed by atoms with E-state index < -0.39 is 0 Å². The Hall–Kier alpha value is -1.37. The van der Waals surface area contributed by atoms with Gasteiger partial charge in [-0.2, -0.15) is 0 Å². The summed E-state index contributed by atoms with van der Waals surface area (Å²) in [4.78, 5) is 11.8. The first-order chi connectivity index (χ1) is 9.83. The van der Waals surface area contributed by atoms with Gasteiger partial charge in [0.05, 0.1) is 6.54 Å². The van der Waals surface area contributed by atoms with E-state index in [0.29, 0.717) is 18.9 Å². The maximum Gasteiger partial charge on any atom is 0.220 e. The summed E-state index contributed by atoms with van der Waals surface area (Å²) < 4.78 is 1.89. The molecule has 1 fully saturated rings. The molecule has 22 heavy (non-hydrogen) atoms. The number of fused-ring (bicyclic) bond motifs is 1. The summed E-state index contributed by atoms with van der Waals surface area (Å²) in [6.45, 7) is 2.55. The molecule has 0 radical (unpaired) electrons. The molecule has 1 amide bonds. The highest BCUT2D eigenvalue weighted by Gasteiger charge is 2.15. The molecule has 0 bridgehead atoms. The highest BCUT2D eigenvalue weighted by molar-refractivity contribution is 5.85. The third-order valence-electron chi connectivity index (χ3n) is 3.77. The Morgan fingerprint density at radius 2 is 2.23 bits per heavy atom. The fraction of sp³-hybridized carbons (Fsp3) is 0.500. The summed E-state index contributed by atoms with van der Waals surface area (Å²) in [6.07, 6.45) is 4.63. The first kappa shape index (κ1) is 18.7. The van der Waals surface area contributed by atoms with Crippen LogP contribution >= 0.6 is 24.8 Å². The molecule has 6 nitrogen and oxygen atoms in total. The average Bonchev–Trinajstić information content (AvgIpc) is 3.12. The third kappa shape index (κ3) is 4.56. The average molecular weight is 346 g/mol. The van der Waals surface area contributed by atoms with E-state index in [9.17, 15) is 4.79 Å². The zero-order chi connectivity index (χ0) is 13.8. The smallest absolute Gasteiger partial charge is 0.220 e. The van der Waals surface area contributed by atoms with E-state index in [1.807, 2.05) is 28.8 Å². The van der Waals surface area contributed by atoms with Gasteiger partial charge in [0.1, 0.15) is 0 Å². The van der Waals surface area contributed by atoms with Gasteiger partial charge in [-0.05, 0) is 44.0 Å². The second-order valence-corrected chi connectivity index (χ2v) is 5.22. The molecule has 0 spiro atoms. The quantitative estimate of drug-likeness (QED) is 0.862. The second kappa shape index (κ2) is 8.92. The van der Waals surface area contributed by atoms with E-state index in [1.54, 1.807) is 0 Å². The number of amides is 1. The van der Waals surface area contributed by atoms with Crippen molar-refractivity contribution < 1.29 is 4.79 Å². The largest absolute Gasteiger partial charge is 0.349 e. The summed E-state index contributed by atoms with van der Waals surface area (Å²) in [5.74, 6) is 1.50. The molecule has 2 aromatic heterocycles. The van der Waals surface area contributed by atoms with E-state index >= 15 is 0 Å². The molecule has 1 aliphatic rings. The highest BCUT2D eigenvalue weighted by Crippen LogP contribution is 2.14. The van der Waals surface area contributed by atoms with Crippen molar-refractivity contribution in [3.05, 3.63) is 30.2 Å². The normalized spacial score (nSPS) is 16.8. The van der Waals surface area contributed by atoms with Crippen molar-refractivity contribution in [3.8, 4) is 0 Å². The van der Waals surface area contributed by atoms with Crippen LogP contribution in [0.2, 0.25) is 0 Å². The van der Waals surface area contributed by atoms with Gasteiger partial charge in [0, 0.05) is 12.6 Å². The van der Waals surface area contributed by atoms with Crippen LogP contribution in [0.25, 0.3) is 5.65 Å². The number of rotatable bonds is 5. The van der Waals surface area contributed by atoms with Crippen LogP contribution in [-0.4, -0.2) is 33.6 Å². The summed E-state index contributed by atoms with van der Waals surface area (Å²) in [6, 6.07) is 5.74. The highest BCUT2D eigenvalue weighted by atomic mass is 35.5. The number of halogens is 2. The molecule has 1 aliphatic heterocycles. The van der Waals surface area contributed by atoms with Crippen LogP contribution in [0, 0.1) is 5.92 Å². The standard InChI is InChI=1S/C14H19N5O.2ClH/c20-14(5-4-11-6-7-15-9-11)16-10-13-18-17-12-3-1-2-8-19(12)13;;/h1-3,8,11,15H,4-7,9-10H2,(H,16,20);2*1H. The van der Waals surface area contributed by atoms with Crippen LogP contribution < -0.4 is 10.6 Å². The second-order valence-electron chi connectivity index (χ2n) is 5.22. The number of carbonyl (C=O) groups excluding carboxylic acids is 1. The van der Waals surface area contributed by atoms with Crippen LogP contribution in [0.4, 0.5) is 0 Å². The van der Waals surface area contributed by atoms with Crippen LogP contribution in [0.5, 0.6) is 0 Å². The van der Waals surface area contributed by atoms with Crippen molar-refractivity contribution in [2.24, 2.45) is 5.92 Å². The fourth-order valence-electron chi connectivity index (χ4n) is 2.57. The summed E-state index contributed by atoms with van der Waals surface area (Å²) in [5, 5.41) is 14.4. The Morgan fingerprint density at radius 3 is 3.00 bits per heavy atom. The number of pyridine rings is 1. The van der Waals surface area contributed by atoms with Crippen molar-refractivity contribution >= 4 is 36.4 Å². The van der Waals surface area contributed by atoms with E-state index in [4.69, 9.17) is 0 Å². The lowest BCUT2D eigenvalue weighted by Gasteiger charge is -2.08. The number of nitrogens with zero attached hydrogens (tertiary/aromatic N) is 3. The van der Waals surface area contributed by atoms with Gasteiger partial charge in [0.15, 0.2) is 11.5 Å². The van der Waals surface area contributed by atoms with Gasteiger partial charge in [-0.25, -0.2) is 0 Å². The first-order valence-corrected chi connectivity index (χ1v) is 7.09. The summed E-state index contributed by atoms with van der Waals surface area (Å²) >= 11 is 0. The zero-order valence-corrected chi connectivity index (χ0v) is 13.8. The van der Waals surface area contributed by atoms with Gasteiger partial charge in [-0.15, -0.1) is 35.0 Å². The van der Waals surface area contributed by atoms with Crippen molar-refractivity contribution in [2.75, 3.05) is 13.1 Å². The van der Waals surface area contributed by atoms with Crippen molar-refractivity contribution in [3.63, 3.8) is 0 Å². The molecule has 1 atom stereocenters. The monoisotopic (exact) mass is 345 g/mol. The molecule has 2 N–H and O–H groups in total. The van der Waals surface area contributed by atoms with Crippen LogP contribution in [0.3, 0.4) is 0 Å². The molecule has 122 valence electrons. The lowest BCUT2D eigenvalue weighted by molar-refractivity contribution is -0.121. The van der Waals surface area contributed by atoms with Gasteiger partial charge in [-0.1, -0.05) is 6.07 Å². The predicted molar refractivity (Wildman–Crippen MR) is 89.5 cm³/mol. The lowest BCUT2D eigenvalue weighted by atomic mass is 10.0. The van der Waals surface area contributed by atoms with Gasteiger partial charge in [-0.3, -0.25) is 9.20 Å². The Morgan fingerprint density at radius 1 is 1.36 bits per heavy atom. The number of hydrogen-bond donors (Lipinski definition) is 2. The minimum Gasteiger partial charge on any atom is -0.349 e. The first-order valence-electron chi connectivity index (χ1n) is 7.09. The summed E-state index contributed by atoms with van der Waals surface area (Å²) in [7, 11) is 0. The molecule has 3 rings (SSSR count). The number of hydrogen-bond acceptors (Lipinski definition) is 4. The molecular formula is C14H21Cl2N5O. The van der Waals surface area contributed by atoms with Crippen LogP contribution in [-0.2, 0) is 11.3 Å². The van der Waals surface area contributed by atoms with Crippen molar-refractivity contribution in [1.29, 1.82) is 0 Å². The minimum atomic E-state index is 0. The molecular weight excluding hydrogens is 325 g/mol. The SMILES string of the molecule is Cl.Cl.O=C(CCC1CCNC1)NCc1nnc2ccccn12. The fourth-order valence-corrected chi connectivity index (χ4v) is 2.57. The minimum absolute atomic E-state index is 0. The van der Waals surface area contributed by atoms with E-state index in [2.05, 4.69) is 20.8 Å². The number of carbonyl (C=O) groups is 1. The molecule has 2 aromatic rings. The van der Waals surface area contributed by atoms with E-state index in [-0.39, 0.29) is 30.7 Å². The predicted octanol–water partition coefficient (Wildman–Crippen LogP) is 1.58. The van der Waals surface area contributed by atoms with E-state index in [0.717, 1.165) is 31.0 Å². The molecule has 1 unspecified atom stereocenters. The Balaban J connectivity index is 0.00000121. The molecule has 8 heteroatoms. The Labute approximate surface area is 141 Å². The van der Waals surface area contributed by atoms with Gasteiger partial charge < -0.3 is 10.6 Å². The van der Waals surface area contributed by atoms with Crippen molar-refractivity contribution in [2.45, 2.75) is 25.8 Å². The molecule has 0 saturated carbocycles. The molecule has 1 saturated heterocycles. The Kier molecular flexibility index (Phi) is 7.58. The van der Waals surface area contributed by atoms with Gasteiger partial charge in [0.2, 0.25) is 5.91 Å². The molecule has 0 aromatic carbocycles. The van der Waals surface area contributed by atoms with E-state index in [1.165, 1.54) is 6.42 Å². The topological polar surface area (TPSA) is 71.3 Å². The number of nitrogens with one attached hydrogen (secondary N) is 2. The van der Waals surface area contributed by atoms with Crippen LogP contribution in [0.15, 0.2) is 24.4 Å². The lowest BCUT2D eigenvalue weighted by Crippen LogP contribution is -2.24. The summed E-state index contributed by atoms with van der Waals surface area (Å²) in [5.41, 5.74) is 0.800. The van der Waals surface area contributed by atoms with Crippen LogP contribution in [0.1, 0.15) is 25.1 Å².